The van der Waals surface area contributed by atoms with Crippen molar-refractivity contribution in [2.45, 2.75) is 258 Å². The summed E-state index contributed by atoms with van der Waals surface area (Å²) in [5, 5.41) is 0. The molecule has 0 rings (SSSR count). The van der Waals surface area contributed by atoms with Gasteiger partial charge in [0.25, 0.3) is 0 Å². The lowest BCUT2D eigenvalue weighted by atomic mass is 10.1. The molecule has 0 aliphatic rings. The molecule has 0 spiro atoms. The molecule has 6 nitrogen and oxygen atoms in total. The Morgan fingerprint density at radius 3 is 0.899 bits per heavy atom. The predicted molar refractivity (Wildman–Crippen MR) is 297 cm³/mol. The summed E-state index contributed by atoms with van der Waals surface area (Å²) in [5.74, 6) is -0.946. The van der Waals surface area contributed by atoms with Crippen LogP contribution in [0.2, 0.25) is 0 Å². The predicted octanol–water partition coefficient (Wildman–Crippen LogP) is 19.1. The standard InChI is InChI=1S/C63H104O6/c1-4-7-10-13-16-19-22-25-27-28-29-30-31-32-33-34-36-38-41-44-47-50-53-56-62(65)68-59-60(58-67-61(64)55-52-49-46-43-40-37-24-21-18-15-12-9-6-3)69-63(66)57-54-51-48-45-42-39-35-26-23-20-17-14-11-8-5-2/h7,9-10,12,16-21,25-27,29-30,35,37,40,60H,4-6,8,11,13-15,22-24,28,31-34,36,38-39,41-59H2,1-3H3/b10-7-,12-9-,19-16-,20-17-,21-18-,27-25-,30-29-,35-26-,40-37-. The topological polar surface area (TPSA) is 78.9 Å². The average molecular weight is 958 g/mol. The summed E-state index contributed by atoms with van der Waals surface area (Å²) in [6, 6.07) is 0. The number of allylic oxidation sites excluding steroid dienone is 18. The molecule has 1 unspecified atom stereocenters. The number of hydrogen-bond donors (Lipinski definition) is 0. The van der Waals surface area contributed by atoms with Crippen LogP contribution in [0.1, 0.15) is 252 Å². The number of ether oxygens (including phenoxy) is 3. The second kappa shape index (κ2) is 56.7. The van der Waals surface area contributed by atoms with Crippen LogP contribution in [0.4, 0.5) is 0 Å². The molecule has 0 amide bonds. The fraction of sp³-hybridized carbons (Fsp3) is 0.667. The molecule has 392 valence electrons. The smallest absolute Gasteiger partial charge is 0.306 e. The van der Waals surface area contributed by atoms with E-state index in [9.17, 15) is 14.4 Å². The third kappa shape index (κ3) is 54.9. The van der Waals surface area contributed by atoms with Crippen molar-refractivity contribution in [3.05, 3.63) is 109 Å². The van der Waals surface area contributed by atoms with E-state index >= 15 is 0 Å². The Bertz CT molecular complexity index is 1420. The lowest BCUT2D eigenvalue weighted by Gasteiger charge is -2.18. The molecule has 0 aliphatic carbocycles. The molecule has 0 bridgehead atoms. The van der Waals surface area contributed by atoms with Gasteiger partial charge in [-0.25, -0.2) is 0 Å². The van der Waals surface area contributed by atoms with Crippen LogP contribution in [0.15, 0.2) is 109 Å². The Morgan fingerprint density at radius 1 is 0.304 bits per heavy atom. The van der Waals surface area contributed by atoms with E-state index in [0.29, 0.717) is 19.3 Å². The summed E-state index contributed by atoms with van der Waals surface area (Å²) in [4.78, 5) is 38.1. The summed E-state index contributed by atoms with van der Waals surface area (Å²) in [5.41, 5.74) is 0. The van der Waals surface area contributed by atoms with E-state index in [1.54, 1.807) is 0 Å². The maximum absolute atomic E-state index is 12.8. The summed E-state index contributed by atoms with van der Waals surface area (Å²) in [6.07, 6.45) is 76.5. The van der Waals surface area contributed by atoms with E-state index in [0.717, 1.165) is 135 Å². The maximum Gasteiger partial charge on any atom is 0.306 e. The summed E-state index contributed by atoms with van der Waals surface area (Å²) >= 11 is 0. The van der Waals surface area contributed by atoms with Crippen molar-refractivity contribution < 1.29 is 28.6 Å². The van der Waals surface area contributed by atoms with Crippen LogP contribution in [0.5, 0.6) is 0 Å². The molecule has 0 saturated carbocycles. The van der Waals surface area contributed by atoms with Crippen LogP contribution < -0.4 is 0 Å². The third-order valence-corrected chi connectivity index (χ3v) is 11.7. The molecule has 0 aliphatic heterocycles. The molecule has 0 fully saturated rings. The van der Waals surface area contributed by atoms with Crippen molar-refractivity contribution in [1.29, 1.82) is 0 Å². The van der Waals surface area contributed by atoms with Crippen molar-refractivity contribution in [3.63, 3.8) is 0 Å². The number of unbranched alkanes of at least 4 members (excludes halogenated alkanes) is 21. The molecule has 69 heavy (non-hydrogen) atoms. The number of esters is 3. The Morgan fingerprint density at radius 2 is 0.565 bits per heavy atom. The van der Waals surface area contributed by atoms with Gasteiger partial charge in [0.15, 0.2) is 6.10 Å². The monoisotopic (exact) mass is 957 g/mol. The third-order valence-electron chi connectivity index (χ3n) is 11.7. The van der Waals surface area contributed by atoms with Crippen molar-refractivity contribution >= 4 is 17.9 Å². The summed E-state index contributed by atoms with van der Waals surface area (Å²) < 4.78 is 16.8. The van der Waals surface area contributed by atoms with E-state index in [1.165, 1.54) is 77.0 Å². The molecule has 0 N–H and O–H groups in total. The Kier molecular flexibility index (Phi) is 53.4. The van der Waals surface area contributed by atoms with Crippen LogP contribution in [0.3, 0.4) is 0 Å². The van der Waals surface area contributed by atoms with Gasteiger partial charge in [0, 0.05) is 19.3 Å². The number of rotatable bonds is 50. The largest absolute Gasteiger partial charge is 0.462 e. The lowest BCUT2D eigenvalue weighted by Crippen LogP contribution is -2.30. The van der Waals surface area contributed by atoms with Crippen LogP contribution in [-0.2, 0) is 28.6 Å². The molecule has 0 heterocycles. The lowest BCUT2D eigenvalue weighted by molar-refractivity contribution is -0.167. The first-order valence-corrected chi connectivity index (χ1v) is 28.4. The molecule has 0 aromatic carbocycles. The van der Waals surface area contributed by atoms with E-state index in [4.69, 9.17) is 14.2 Å². The molecule has 0 radical (unpaired) electrons. The van der Waals surface area contributed by atoms with Crippen LogP contribution in [0.25, 0.3) is 0 Å². The molecule has 6 heteroatoms. The van der Waals surface area contributed by atoms with Crippen molar-refractivity contribution in [1.82, 2.24) is 0 Å². The van der Waals surface area contributed by atoms with Gasteiger partial charge in [-0.15, -0.1) is 0 Å². The highest BCUT2D eigenvalue weighted by molar-refractivity contribution is 5.71. The number of hydrogen-bond acceptors (Lipinski definition) is 6. The second-order valence-corrected chi connectivity index (χ2v) is 18.4. The van der Waals surface area contributed by atoms with E-state index in [-0.39, 0.29) is 31.1 Å². The zero-order chi connectivity index (χ0) is 50.0. The zero-order valence-electron chi connectivity index (χ0n) is 44.8. The fourth-order valence-electron chi connectivity index (χ4n) is 7.54. The van der Waals surface area contributed by atoms with Crippen molar-refractivity contribution in [3.8, 4) is 0 Å². The van der Waals surface area contributed by atoms with Gasteiger partial charge in [0.1, 0.15) is 13.2 Å². The quantitative estimate of drug-likeness (QED) is 0.0262. The van der Waals surface area contributed by atoms with Gasteiger partial charge in [-0.2, -0.15) is 0 Å². The minimum Gasteiger partial charge on any atom is -0.462 e. The van der Waals surface area contributed by atoms with Gasteiger partial charge < -0.3 is 14.2 Å². The van der Waals surface area contributed by atoms with Gasteiger partial charge in [0.2, 0.25) is 0 Å². The minimum absolute atomic E-state index is 0.0968. The van der Waals surface area contributed by atoms with Gasteiger partial charge >= 0.3 is 17.9 Å². The van der Waals surface area contributed by atoms with Gasteiger partial charge in [0.05, 0.1) is 0 Å². The highest BCUT2D eigenvalue weighted by atomic mass is 16.6. The highest BCUT2D eigenvalue weighted by Crippen LogP contribution is 2.14. The molecule has 0 saturated heterocycles. The number of carbonyl (C=O) groups excluding carboxylic acids is 3. The maximum atomic E-state index is 12.8. The Balaban J connectivity index is 4.38. The van der Waals surface area contributed by atoms with Crippen molar-refractivity contribution in [2.75, 3.05) is 13.2 Å². The first kappa shape index (κ1) is 65.1. The van der Waals surface area contributed by atoms with Crippen molar-refractivity contribution in [2.24, 2.45) is 0 Å². The van der Waals surface area contributed by atoms with E-state index in [1.807, 2.05) is 0 Å². The Labute approximate surface area is 425 Å². The van der Waals surface area contributed by atoms with Crippen LogP contribution in [-0.4, -0.2) is 37.2 Å². The molecular weight excluding hydrogens is 853 g/mol. The summed E-state index contributed by atoms with van der Waals surface area (Å²) in [6.45, 7) is 6.34. The Hall–Kier alpha value is -3.93. The molecular formula is C63H104O6. The van der Waals surface area contributed by atoms with Gasteiger partial charge in [-0.3, -0.25) is 14.4 Å². The summed E-state index contributed by atoms with van der Waals surface area (Å²) in [7, 11) is 0. The van der Waals surface area contributed by atoms with E-state index in [2.05, 4.69) is 130 Å². The highest BCUT2D eigenvalue weighted by Gasteiger charge is 2.19. The molecule has 0 aromatic rings. The SMILES string of the molecule is CC/C=C\C/C=C\C/C=C\C/C=C\CCCCCCCCCCCCC(=O)OCC(COC(=O)CCCCC/C=C\C/C=C\C/C=C\CC)OC(=O)CCCCCCC/C=C\C/C=C\CCCCC. The minimum atomic E-state index is -0.801. The number of carbonyl (C=O) groups is 3. The molecule has 0 aromatic heterocycles. The second-order valence-electron chi connectivity index (χ2n) is 18.4. The van der Waals surface area contributed by atoms with Crippen LogP contribution in [0, 0.1) is 0 Å². The molecule has 1 atom stereocenters. The fourth-order valence-corrected chi connectivity index (χ4v) is 7.54. The van der Waals surface area contributed by atoms with Gasteiger partial charge in [-0.05, 0) is 122 Å². The first-order chi connectivity index (χ1) is 34.0. The first-order valence-electron chi connectivity index (χ1n) is 28.4. The zero-order valence-corrected chi connectivity index (χ0v) is 44.8. The average Bonchev–Trinajstić information content (AvgIpc) is 3.35. The van der Waals surface area contributed by atoms with E-state index < -0.39 is 6.10 Å². The normalized spacial score (nSPS) is 12.9. The van der Waals surface area contributed by atoms with Gasteiger partial charge in [-0.1, -0.05) is 220 Å². The van der Waals surface area contributed by atoms with Crippen LogP contribution >= 0.6 is 0 Å².